The smallest absolute Gasteiger partial charge is 0.164 e. The average Bonchev–Trinajstić information content (AvgIpc) is 2.30. The zero-order chi connectivity index (χ0) is 10.1. The molecule has 0 saturated heterocycles. The number of aromatic nitrogens is 4. The van der Waals surface area contributed by atoms with Gasteiger partial charge in [0, 0.05) is 13.5 Å². The van der Waals surface area contributed by atoms with Crippen LogP contribution in [0.4, 0.5) is 0 Å². The summed E-state index contributed by atoms with van der Waals surface area (Å²) in [7, 11) is 1.81. The van der Waals surface area contributed by atoms with Crippen LogP contribution in [0.3, 0.4) is 0 Å². The Morgan fingerprint density at radius 2 is 2.08 bits per heavy atom. The molecule has 0 spiro atoms. The Morgan fingerprint density at radius 3 is 2.46 bits per heavy atom. The third kappa shape index (κ3) is 3.93. The molecule has 0 saturated carbocycles. The first-order valence-corrected chi connectivity index (χ1v) is 6.62. The van der Waals surface area contributed by atoms with Crippen LogP contribution in [0.25, 0.3) is 0 Å². The molecule has 1 aromatic rings. The van der Waals surface area contributed by atoms with Crippen LogP contribution in [-0.4, -0.2) is 22.4 Å². The van der Waals surface area contributed by atoms with Crippen LogP contribution in [-0.2, 0) is 7.05 Å². The van der Waals surface area contributed by atoms with Crippen LogP contribution >= 0.6 is 63.7 Å². The van der Waals surface area contributed by atoms with E-state index in [2.05, 4.69) is 79.2 Å². The van der Waals surface area contributed by atoms with Crippen LogP contribution in [0, 0.1) is 0 Å². The van der Waals surface area contributed by atoms with Crippen molar-refractivity contribution in [2.24, 2.45) is 7.05 Å². The number of tetrazole rings is 1. The highest BCUT2D eigenvalue weighted by Gasteiger charge is 2.26. The maximum atomic E-state index is 3.89. The quantitative estimate of drug-likeness (QED) is 0.663. The van der Waals surface area contributed by atoms with E-state index in [0.29, 0.717) is 0 Å². The van der Waals surface area contributed by atoms with Gasteiger partial charge in [0.2, 0.25) is 0 Å². The number of hydrogen-bond donors (Lipinski definition) is 0. The molecule has 0 aliphatic heterocycles. The molecule has 0 fully saturated rings. The molecule has 0 bridgehead atoms. The fraction of sp³-hybridized carbons (Fsp3) is 0.800. The molecule has 4 nitrogen and oxygen atoms in total. The monoisotopic (exact) mass is 438 g/mol. The van der Waals surface area contributed by atoms with E-state index < -0.39 is 0 Å². The number of nitrogens with zero attached hydrogens (tertiary/aromatic N) is 4. The second-order valence-corrected chi connectivity index (χ2v) is 10.8. The Morgan fingerprint density at radius 1 is 1.46 bits per heavy atom. The van der Waals surface area contributed by atoms with E-state index in [1.165, 1.54) is 0 Å². The number of rotatable bonds is 2. The molecule has 1 atom stereocenters. The molecule has 1 rings (SSSR count). The van der Waals surface area contributed by atoms with Crippen LogP contribution in [0.5, 0.6) is 0 Å². The van der Waals surface area contributed by atoms with Gasteiger partial charge in [0.25, 0.3) is 0 Å². The first kappa shape index (κ1) is 12.1. The Bertz CT molecular complexity index is 280. The highest BCUT2D eigenvalue weighted by Crippen LogP contribution is 2.43. The van der Waals surface area contributed by atoms with E-state index in [-0.39, 0.29) is 6.97 Å². The van der Waals surface area contributed by atoms with Crippen molar-refractivity contribution in [2.75, 3.05) is 0 Å². The first-order chi connectivity index (χ1) is 5.90. The van der Waals surface area contributed by atoms with Crippen LogP contribution < -0.4 is 0 Å². The third-order valence-corrected chi connectivity index (χ3v) is 3.05. The van der Waals surface area contributed by atoms with E-state index in [0.717, 1.165) is 12.2 Å². The highest BCUT2D eigenvalue weighted by atomic mass is 80.0. The minimum Gasteiger partial charge on any atom is -0.232 e. The van der Waals surface area contributed by atoms with Crippen molar-refractivity contribution in [3.63, 3.8) is 0 Å². The maximum absolute atomic E-state index is 3.89. The fourth-order valence-corrected chi connectivity index (χ4v) is 3.94. The lowest BCUT2D eigenvalue weighted by atomic mass is 10.3. The van der Waals surface area contributed by atoms with Crippen LogP contribution in [0.2, 0.25) is 0 Å². The van der Waals surface area contributed by atoms with E-state index in [1.807, 2.05) is 7.05 Å². The molecule has 0 aromatic carbocycles. The molecule has 1 aromatic heterocycles. The normalized spacial score (nSPS) is 14.5. The number of hydrogen-bond acceptors (Lipinski definition) is 3. The molecular weight excluding hydrogens is 436 g/mol. The van der Waals surface area contributed by atoms with Crippen molar-refractivity contribution in [3.05, 3.63) is 5.82 Å². The van der Waals surface area contributed by atoms with Gasteiger partial charge >= 0.3 is 0 Å². The van der Waals surface area contributed by atoms with Crippen molar-refractivity contribution in [1.82, 2.24) is 20.2 Å². The summed E-state index contributed by atoms with van der Waals surface area (Å²) in [5, 5.41) is 11.2. The van der Waals surface area contributed by atoms with Crippen molar-refractivity contribution < 1.29 is 0 Å². The number of alkyl halides is 4. The van der Waals surface area contributed by atoms with Gasteiger partial charge in [-0.3, -0.25) is 0 Å². The predicted octanol–water partition coefficient (Wildman–Crippen LogP) is 2.87. The summed E-state index contributed by atoms with van der Waals surface area (Å²) in [6.45, 7) is 0. The van der Waals surface area contributed by atoms with E-state index in [1.54, 1.807) is 4.68 Å². The van der Waals surface area contributed by atoms with Crippen LogP contribution in [0.1, 0.15) is 17.1 Å². The third-order valence-electron chi connectivity index (χ3n) is 1.34. The molecule has 8 heteroatoms. The van der Waals surface area contributed by atoms with E-state index >= 15 is 0 Å². The molecule has 1 heterocycles. The summed E-state index contributed by atoms with van der Waals surface area (Å²) in [4.78, 5) is 0.0885. The van der Waals surface area contributed by atoms with Gasteiger partial charge < -0.3 is 0 Å². The molecule has 13 heavy (non-hydrogen) atoms. The fourth-order valence-electron chi connectivity index (χ4n) is 0.796. The summed E-state index contributed by atoms with van der Waals surface area (Å²) >= 11 is 13.7. The molecular formula is C5H6Br4N4. The zero-order valence-corrected chi connectivity index (χ0v) is 12.9. The Hall–Kier alpha value is 0.990. The van der Waals surface area contributed by atoms with Gasteiger partial charge in [-0.05, 0) is 10.4 Å². The first-order valence-electron chi connectivity index (χ1n) is 3.33. The average molecular weight is 442 g/mol. The lowest BCUT2D eigenvalue weighted by molar-refractivity contribution is 0.664. The minimum absolute atomic E-state index is 0.0885. The largest absolute Gasteiger partial charge is 0.232 e. The Labute approximate surface area is 109 Å². The summed E-state index contributed by atoms with van der Waals surface area (Å²) in [6, 6.07) is 0. The topological polar surface area (TPSA) is 43.6 Å². The Balaban J connectivity index is 2.69. The van der Waals surface area contributed by atoms with Gasteiger partial charge in [-0.15, -0.1) is 5.10 Å². The summed E-state index contributed by atoms with van der Waals surface area (Å²) in [5.74, 6) is 0.794. The lowest BCUT2D eigenvalue weighted by Gasteiger charge is -2.15. The van der Waals surface area contributed by atoms with Gasteiger partial charge in [-0.25, -0.2) is 4.68 Å². The highest BCUT2D eigenvalue weighted by molar-refractivity contribution is 9.39. The number of aryl methyl sites for hydroxylation is 1. The molecule has 0 N–H and O–H groups in total. The molecule has 0 unspecified atom stereocenters. The summed E-state index contributed by atoms with van der Waals surface area (Å²) in [5.41, 5.74) is 0. The van der Waals surface area contributed by atoms with Gasteiger partial charge in [0.05, 0.1) is 4.83 Å². The second kappa shape index (κ2) is 4.67. The molecule has 0 aliphatic carbocycles. The predicted molar refractivity (Wildman–Crippen MR) is 64.6 cm³/mol. The van der Waals surface area contributed by atoms with Gasteiger partial charge in [-0.1, -0.05) is 63.7 Å². The van der Waals surface area contributed by atoms with Crippen molar-refractivity contribution in [3.8, 4) is 0 Å². The molecule has 74 valence electrons. The molecule has 0 aliphatic rings. The Kier molecular flexibility index (Phi) is 4.34. The minimum atomic E-state index is -0.285. The number of halogens is 4. The van der Waals surface area contributed by atoms with Crippen molar-refractivity contribution in [1.29, 1.82) is 0 Å². The molecule has 0 radical (unpaired) electrons. The summed E-state index contributed by atoms with van der Waals surface area (Å²) < 4.78 is 1.35. The second-order valence-electron chi connectivity index (χ2n) is 2.45. The lowest BCUT2D eigenvalue weighted by Crippen LogP contribution is -2.09. The standard InChI is InChI=1S/C5H6Br4N4/c1-13-4(10-11-12-13)3(6)2-5(7,8)9/h3H,2H2,1H3/t3-/m1/s1. The van der Waals surface area contributed by atoms with Crippen LogP contribution in [0.15, 0.2) is 0 Å². The van der Waals surface area contributed by atoms with Gasteiger partial charge in [0.15, 0.2) is 5.82 Å². The SMILES string of the molecule is Cn1nnnc1[C@H](Br)CC(Br)(Br)Br. The van der Waals surface area contributed by atoms with E-state index in [4.69, 9.17) is 0 Å². The van der Waals surface area contributed by atoms with Crippen molar-refractivity contribution in [2.45, 2.75) is 13.4 Å². The maximum Gasteiger partial charge on any atom is 0.164 e. The van der Waals surface area contributed by atoms with Crippen molar-refractivity contribution >= 4 is 63.7 Å². The van der Waals surface area contributed by atoms with Gasteiger partial charge in [0.1, 0.15) is 2.14 Å². The molecule has 0 amide bonds. The van der Waals surface area contributed by atoms with E-state index in [9.17, 15) is 0 Å². The zero-order valence-electron chi connectivity index (χ0n) is 6.59. The van der Waals surface area contributed by atoms with Gasteiger partial charge in [-0.2, -0.15) is 0 Å². The summed E-state index contributed by atoms with van der Waals surface area (Å²) in [6.07, 6.45) is 0.765.